The average molecular weight is 287 g/mol. The second-order valence-corrected chi connectivity index (χ2v) is 4.25. The molecule has 0 aliphatic rings. The molecule has 18 heavy (non-hydrogen) atoms. The summed E-state index contributed by atoms with van der Waals surface area (Å²) in [6, 6.07) is 2.81. The molecule has 0 aliphatic heterocycles. The van der Waals surface area contributed by atoms with Crippen molar-refractivity contribution in [2.24, 2.45) is 0 Å². The summed E-state index contributed by atoms with van der Waals surface area (Å²) in [5.41, 5.74) is 6.08. The van der Waals surface area contributed by atoms with Gasteiger partial charge in [0.25, 0.3) is 5.91 Å². The van der Waals surface area contributed by atoms with Gasteiger partial charge in [-0.05, 0) is 19.1 Å². The zero-order valence-electron chi connectivity index (χ0n) is 9.20. The lowest BCUT2D eigenvalue weighted by atomic mass is 10.2. The van der Waals surface area contributed by atoms with E-state index in [1.54, 1.807) is 6.92 Å². The second-order valence-electron chi connectivity index (χ2n) is 3.46. The standard InChI is InChI=1S/C10H8Cl2N4O2/c1-4-14-10(18-16-4)15-9(17)5-2-6(11)8(12)7(13)3-5/h2-3H,13H2,1H3,(H,14,15,16,17). The summed E-state index contributed by atoms with van der Waals surface area (Å²) < 4.78 is 4.76. The highest BCUT2D eigenvalue weighted by Crippen LogP contribution is 2.29. The number of hydrogen-bond donors (Lipinski definition) is 2. The third-order valence-corrected chi connectivity index (χ3v) is 2.88. The fourth-order valence-corrected chi connectivity index (χ4v) is 1.59. The first-order valence-corrected chi connectivity index (χ1v) is 5.59. The number of nitrogens with one attached hydrogen (secondary N) is 1. The highest BCUT2D eigenvalue weighted by molar-refractivity contribution is 6.43. The Morgan fingerprint density at radius 1 is 1.44 bits per heavy atom. The summed E-state index contributed by atoms with van der Waals surface area (Å²) in [6.45, 7) is 1.64. The van der Waals surface area contributed by atoms with Crippen LogP contribution in [0.15, 0.2) is 16.7 Å². The Hall–Kier alpha value is -1.79. The Morgan fingerprint density at radius 3 is 2.72 bits per heavy atom. The maximum Gasteiger partial charge on any atom is 0.328 e. The van der Waals surface area contributed by atoms with Crippen LogP contribution in [0.2, 0.25) is 10.0 Å². The minimum atomic E-state index is -0.469. The predicted molar refractivity (Wildman–Crippen MR) is 67.9 cm³/mol. The van der Waals surface area contributed by atoms with Gasteiger partial charge in [0.1, 0.15) is 0 Å². The molecule has 0 saturated carbocycles. The summed E-state index contributed by atoms with van der Waals surface area (Å²) >= 11 is 11.6. The molecule has 3 N–H and O–H groups in total. The van der Waals surface area contributed by atoms with Crippen LogP contribution in [0.5, 0.6) is 0 Å². The number of nitrogen functional groups attached to an aromatic ring is 1. The molecule has 0 saturated heterocycles. The Balaban J connectivity index is 2.24. The van der Waals surface area contributed by atoms with Crippen LogP contribution in [0.3, 0.4) is 0 Å². The molecule has 1 amide bonds. The number of benzene rings is 1. The van der Waals surface area contributed by atoms with Crippen LogP contribution < -0.4 is 11.1 Å². The van der Waals surface area contributed by atoms with Gasteiger partial charge < -0.3 is 10.3 Å². The lowest BCUT2D eigenvalue weighted by Gasteiger charge is -2.05. The van der Waals surface area contributed by atoms with Crippen molar-refractivity contribution in [3.8, 4) is 0 Å². The molecule has 8 heteroatoms. The molecule has 1 aromatic heterocycles. The molecule has 2 rings (SSSR count). The van der Waals surface area contributed by atoms with E-state index in [1.165, 1.54) is 12.1 Å². The minimum Gasteiger partial charge on any atom is -0.397 e. The van der Waals surface area contributed by atoms with Crippen molar-refractivity contribution in [3.63, 3.8) is 0 Å². The van der Waals surface area contributed by atoms with E-state index in [-0.39, 0.29) is 27.3 Å². The summed E-state index contributed by atoms with van der Waals surface area (Å²) in [5, 5.41) is 6.36. The molecular formula is C10H8Cl2N4O2. The predicted octanol–water partition coefficient (Wildman–Crippen LogP) is 2.52. The fraction of sp³-hybridized carbons (Fsp3) is 0.100. The lowest BCUT2D eigenvalue weighted by Crippen LogP contribution is -2.12. The molecule has 1 heterocycles. The first-order valence-electron chi connectivity index (χ1n) is 4.83. The van der Waals surface area contributed by atoms with E-state index in [2.05, 4.69) is 15.5 Å². The Kier molecular flexibility index (Phi) is 3.40. The van der Waals surface area contributed by atoms with Crippen LogP contribution in [-0.2, 0) is 0 Å². The van der Waals surface area contributed by atoms with Gasteiger partial charge in [-0.15, -0.1) is 0 Å². The van der Waals surface area contributed by atoms with Gasteiger partial charge >= 0.3 is 6.01 Å². The van der Waals surface area contributed by atoms with E-state index in [0.717, 1.165) is 0 Å². The fourth-order valence-electron chi connectivity index (χ4n) is 1.26. The monoisotopic (exact) mass is 286 g/mol. The number of amides is 1. The Labute approximate surface area is 112 Å². The van der Waals surface area contributed by atoms with Crippen molar-refractivity contribution >= 4 is 40.8 Å². The largest absolute Gasteiger partial charge is 0.397 e. The molecule has 94 valence electrons. The molecule has 0 radical (unpaired) electrons. The molecule has 0 aliphatic carbocycles. The number of nitrogens with zero attached hydrogens (tertiary/aromatic N) is 2. The third-order valence-electron chi connectivity index (χ3n) is 2.07. The van der Waals surface area contributed by atoms with Gasteiger partial charge in [-0.3, -0.25) is 10.1 Å². The number of anilines is 2. The molecule has 1 aromatic carbocycles. The molecule has 6 nitrogen and oxygen atoms in total. The van der Waals surface area contributed by atoms with Gasteiger partial charge in [-0.25, -0.2) is 0 Å². The number of aryl methyl sites for hydroxylation is 1. The van der Waals surface area contributed by atoms with Gasteiger partial charge in [-0.1, -0.05) is 28.4 Å². The third kappa shape index (κ3) is 2.55. The lowest BCUT2D eigenvalue weighted by molar-refractivity contribution is 0.102. The molecule has 2 aromatic rings. The van der Waals surface area contributed by atoms with E-state index in [1.807, 2.05) is 0 Å². The van der Waals surface area contributed by atoms with Crippen LogP contribution in [0, 0.1) is 6.92 Å². The number of rotatable bonds is 2. The van der Waals surface area contributed by atoms with Crippen LogP contribution in [0.1, 0.15) is 16.2 Å². The van der Waals surface area contributed by atoms with Gasteiger partial charge in [-0.2, -0.15) is 4.98 Å². The summed E-state index contributed by atoms with van der Waals surface area (Å²) in [5.74, 6) is -0.0529. The minimum absolute atomic E-state index is 0.00199. The molecular weight excluding hydrogens is 279 g/mol. The van der Waals surface area contributed by atoms with E-state index >= 15 is 0 Å². The first-order chi connectivity index (χ1) is 8.47. The van der Waals surface area contributed by atoms with Crippen LogP contribution in [-0.4, -0.2) is 16.0 Å². The Morgan fingerprint density at radius 2 is 2.17 bits per heavy atom. The zero-order valence-corrected chi connectivity index (χ0v) is 10.7. The molecule has 0 bridgehead atoms. The second kappa shape index (κ2) is 4.83. The average Bonchev–Trinajstić information content (AvgIpc) is 2.71. The number of carbonyl (C=O) groups is 1. The van der Waals surface area contributed by atoms with E-state index < -0.39 is 5.91 Å². The van der Waals surface area contributed by atoms with E-state index in [4.69, 9.17) is 33.5 Å². The van der Waals surface area contributed by atoms with E-state index in [9.17, 15) is 4.79 Å². The van der Waals surface area contributed by atoms with Gasteiger partial charge in [0.05, 0.1) is 15.7 Å². The maximum absolute atomic E-state index is 11.8. The smallest absolute Gasteiger partial charge is 0.328 e. The van der Waals surface area contributed by atoms with Crippen molar-refractivity contribution in [2.45, 2.75) is 6.92 Å². The highest BCUT2D eigenvalue weighted by atomic mass is 35.5. The van der Waals surface area contributed by atoms with Crippen molar-refractivity contribution < 1.29 is 9.32 Å². The molecule has 0 spiro atoms. The van der Waals surface area contributed by atoms with Gasteiger partial charge in [0.15, 0.2) is 5.82 Å². The van der Waals surface area contributed by atoms with Crippen LogP contribution in [0.25, 0.3) is 0 Å². The maximum atomic E-state index is 11.8. The molecule has 0 fully saturated rings. The van der Waals surface area contributed by atoms with Gasteiger partial charge in [0, 0.05) is 5.56 Å². The van der Waals surface area contributed by atoms with Crippen molar-refractivity contribution in [3.05, 3.63) is 33.6 Å². The van der Waals surface area contributed by atoms with Crippen LogP contribution >= 0.6 is 23.2 Å². The highest BCUT2D eigenvalue weighted by Gasteiger charge is 2.13. The van der Waals surface area contributed by atoms with Gasteiger partial charge in [0.2, 0.25) is 0 Å². The number of carbonyl (C=O) groups excluding carboxylic acids is 1. The number of halogens is 2. The summed E-state index contributed by atoms with van der Waals surface area (Å²) in [7, 11) is 0. The first kappa shape index (κ1) is 12.7. The molecule has 0 atom stereocenters. The summed E-state index contributed by atoms with van der Waals surface area (Å²) in [4.78, 5) is 15.7. The SMILES string of the molecule is Cc1noc(NC(=O)c2cc(N)c(Cl)c(Cl)c2)n1. The Bertz CT molecular complexity index is 589. The topological polar surface area (TPSA) is 94.0 Å². The number of nitrogens with two attached hydrogens (primary N) is 1. The normalized spacial score (nSPS) is 10.4. The zero-order chi connectivity index (χ0) is 13.3. The van der Waals surface area contributed by atoms with Crippen molar-refractivity contribution in [1.29, 1.82) is 0 Å². The van der Waals surface area contributed by atoms with Crippen molar-refractivity contribution in [1.82, 2.24) is 10.1 Å². The summed E-state index contributed by atoms with van der Waals surface area (Å²) in [6.07, 6.45) is 0. The number of aromatic nitrogens is 2. The van der Waals surface area contributed by atoms with Crippen molar-refractivity contribution in [2.75, 3.05) is 11.1 Å². The van der Waals surface area contributed by atoms with E-state index in [0.29, 0.717) is 5.82 Å². The number of hydrogen-bond acceptors (Lipinski definition) is 5. The molecule has 0 unspecified atom stereocenters. The van der Waals surface area contributed by atoms with Crippen LogP contribution in [0.4, 0.5) is 11.7 Å². The quantitative estimate of drug-likeness (QED) is 0.828.